The topological polar surface area (TPSA) is 73.7 Å². The predicted octanol–water partition coefficient (Wildman–Crippen LogP) is 7.25. The van der Waals surface area contributed by atoms with E-state index >= 15 is 0 Å². The summed E-state index contributed by atoms with van der Waals surface area (Å²) >= 11 is 0. The van der Waals surface area contributed by atoms with E-state index in [1.54, 1.807) is 0 Å². The molecular formula is C32H20N6O. The van der Waals surface area contributed by atoms with Crippen LogP contribution in [0.5, 0.6) is 0 Å². The average Bonchev–Trinajstić information content (AvgIpc) is 3.64. The Morgan fingerprint density at radius 3 is 1.85 bits per heavy atom. The zero-order chi connectivity index (χ0) is 25.5. The van der Waals surface area contributed by atoms with Crippen LogP contribution in [0.1, 0.15) is 5.69 Å². The predicted molar refractivity (Wildman–Crippen MR) is 156 cm³/mol. The smallest absolute Gasteiger partial charge is 0.135 e. The molecule has 9 rings (SSSR count). The Morgan fingerprint density at radius 2 is 1.21 bits per heavy atom. The molecule has 6 aromatic heterocycles. The first-order valence-corrected chi connectivity index (χ1v) is 12.9. The van der Waals surface area contributed by atoms with Gasteiger partial charge in [-0.05, 0) is 78.9 Å². The molecule has 7 heteroatoms. The van der Waals surface area contributed by atoms with Crippen molar-refractivity contribution in [2.75, 3.05) is 11.9 Å². The van der Waals surface area contributed by atoms with Crippen LogP contribution in [0, 0.1) is 0 Å². The minimum atomic E-state index is 0.796. The maximum atomic E-state index is 6.29. The van der Waals surface area contributed by atoms with Crippen LogP contribution in [0.2, 0.25) is 0 Å². The molecular weight excluding hydrogens is 484 g/mol. The monoisotopic (exact) mass is 504 g/mol. The number of nitrogens with zero attached hydrogens (tertiary/aromatic N) is 5. The molecule has 0 fully saturated rings. The van der Waals surface area contributed by atoms with E-state index in [1.807, 2.05) is 36.8 Å². The van der Waals surface area contributed by atoms with Crippen LogP contribution >= 0.6 is 0 Å². The van der Waals surface area contributed by atoms with Gasteiger partial charge in [-0.1, -0.05) is 6.08 Å². The van der Waals surface area contributed by atoms with Gasteiger partial charge in [0, 0.05) is 47.3 Å². The fourth-order valence-corrected chi connectivity index (χ4v) is 6.03. The van der Waals surface area contributed by atoms with Crippen LogP contribution in [0.25, 0.3) is 72.5 Å². The number of hydrogen-bond acceptors (Lipinski definition) is 5. The molecule has 39 heavy (non-hydrogen) atoms. The second-order valence-electron chi connectivity index (χ2n) is 9.79. The summed E-state index contributed by atoms with van der Waals surface area (Å²) in [5, 5.41) is 5.63. The second kappa shape index (κ2) is 7.55. The summed E-state index contributed by atoms with van der Waals surface area (Å²) < 4.78 is 10.8. The van der Waals surface area contributed by atoms with Gasteiger partial charge in [0.05, 0.1) is 27.9 Å². The maximum absolute atomic E-state index is 6.29. The molecule has 1 N–H and O–H groups in total. The van der Waals surface area contributed by atoms with Gasteiger partial charge in [0.1, 0.15) is 27.7 Å². The first-order chi connectivity index (χ1) is 19.3. The molecule has 0 saturated heterocycles. The van der Waals surface area contributed by atoms with Crippen molar-refractivity contribution < 1.29 is 4.42 Å². The lowest BCUT2D eigenvalue weighted by molar-refractivity contribution is 0.669. The third kappa shape index (κ3) is 2.78. The number of anilines is 1. The molecule has 0 amide bonds. The molecule has 0 radical (unpaired) electrons. The quantitative estimate of drug-likeness (QED) is 0.268. The highest BCUT2D eigenvalue weighted by molar-refractivity contribution is 6.08. The van der Waals surface area contributed by atoms with E-state index in [9.17, 15) is 0 Å². The van der Waals surface area contributed by atoms with Gasteiger partial charge in [-0.2, -0.15) is 0 Å². The van der Waals surface area contributed by atoms with Crippen molar-refractivity contribution >= 4 is 66.8 Å². The number of hydrogen-bond donors (Lipinski definition) is 1. The van der Waals surface area contributed by atoms with E-state index in [0.717, 1.165) is 84.3 Å². The van der Waals surface area contributed by atoms with Crippen molar-refractivity contribution in [3.8, 4) is 11.4 Å². The minimum absolute atomic E-state index is 0.796. The molecule has 8 aromatic rings. The van der Waals surface area contributed by atoms with Gasteiger partial charge in [-0.15, -0.1) is 0 Å². The van der Waals surface area contributed by atoms with Gasteiger partial charge < -0.3 is 18.9 Å². The minimum Gasteiger partial charge on any atom is -0.456 e. The Bertz CT molecular complexity index is 2250. The van der Waals surface area contributed by atoms with Crippen molar-refractivity contribution in [1.29, 1.82) is 0 Å². The van der Waals surface area contributed by atoms with Crippen LogP contribution in [0.3, 0.4) is 0 Å². The Kier molecular flexibility index (Phi) is 3.99. The number of pyridine rings is 3. The largest absolute Gasteiger partial charge is 0.456 e. The Labute approximate surface area is 221 Å². The molecule has 0 unspecified atom stereocenters. The number of benzene rings is 2. The van der Waals surface area contributed by atoms with Crippen LogP contribution in [-0.4, -0.2) is 30.6 Å². The average molecular weight is 505 g/mol. The molecule has 0 spiro atoms. The van der Waals surface area contributed by atoms with Crippen LogP contribution in [-0.2, 0) is 0 Å². The molecule has 184 valence electrons. The maximum Gasteiger partial charge on any atom is 0.135 e. The van der Waals surface area contributed by atoms with Crippen molar-refractivity contribution in [3.05, 3.63) is 103 Å². The highest BCUT2D eigenvalue weighted by atomic mass is 16.3. The fraction of sp³-hybridized carbons (Fsp3) is 0.0312. The summed E-state index contributed by atoms with van der Waals surface area (Å²) in [6.45, 7) is 0.796. The van der Waals surface area contributed by atoms with Gasteiger partial charge in [-0.25, -0.2) is 0 Å². The molecule has 0 saturated carbocycles. The van der Waals surface area contributed by atoms with Gasteiger partial charge in [0.2, 0.25) is 0 Å². The van der Waals surface area contributed by atoms with Crippen molar-refractivity contribution in [2.45, 2.75) is 0 Å². The number of furan rings is 1. The highest BCUT2D eigenvalue weighted by Gasteiger charge is 2.20. The Morgan fingerprint density at radius 1 is 0.641 bits per heavy atom. The zero-order valence-electron chi connectivity index (χ0n) is 20.7. The molecule has 1 aliphatic rings. The van der Waals surface area contributed by atoms with Gasteiger partial charge in [-0.3, -0.25) is 15.0 Å². The SMILES string of the molecule is C1=Cc2c(c3ncccc3n2-c2ccc3oc4ccc(-n5c6cccnc6c6ncccc65)cc4c3c2)NC1. The van der Waals surface area contributed by atoms with E-state index in [4.69, 9.17) is 4.42 Å². The molecule has 1 aliphatic heterocycles. The third-order valence-electron chi connectivity index (χ3n) is 7.67. The number of nitrogens with one attached hydrogen (secondary N) is 1. The van der Waals surface area contributed by atoms with Crippen molar-refractivity contribution in [3.63, 3.8) is 0 Å². The molecule has 0 atom stereocenters. The number of fused-ring (bicyclic) bond motifs is 9. The standard InChI is InChI=1S/C32H20N6O/c1-5-23-29(33-13-1)30-24(6-2-14-34-30)37(23)19-9-11-27-21(17-19)22-18-20(10-12-28(22)39-27)38-25-7-3-15-35-31(25)32-26(38)8-4-16-36-32/h1-15,17-18,36H,16H2. The van der Waals surface area contributed by atoms with E-state index in [1.165, 1.54) is 0 Å². The van der Waals surface area contributed by atoms with Gasteiger partial charge in [0.15, 0.2) is 0 Å². The number of aromatic nitrogens is 5. The van der Waals surface area contributed by atoms with Gasteiger partial charge >= 0.3 is 0 Å². The van der Waals surface area contributed by atoms with Crippen LogP contribution < -0.4 is 5.32 Å². The summed E-state index contributed by atoms with van der Waals surface area (Å²) in [5.41, 5.74) is 11.9. The normalized spacial score (nSPS) is 13.1. The van der Waals surface area contributed by atoms with E-state index < -0.39 is 0 Å². The molecule has 0 bridgehead atoms. The van der Waals surface area contributed by atoms with Crippen molar-refractivity contribution in [2.24, 2.45) is 0 Å². The van der Waals surface area contributed by atoms with Crippen molar-refractivity contribution in [1.82, 2.24) is 24.1 Å². The molecule has 2 aromatic carbocycles. The lowest BCUT2D eigenvalue weighted by Gasteiger charge is -2.13. The van der Waals surface area contributed by atoms with Crippen LogP contribution in [0.15, 0.2) is 102 Å². The molecule has 0 aliphatic carbocycles. The summed E-state index contributed by atoms with van der Waals surface area (Å²) in [7, 11) is 0. The van der Waals surface area contributed by atoms with Crippen LogP contribution in [0.4, 0.5) is 5.69 Å². The molecule has 7 heterocycles. The first-order valence-electron chi connectivity index (χ1n) is 12.9. The summed E-state index contributed by atoms with van der Waals surface area (Å²) in [4.78, 5) is 14.0. The number of rotatable bonds is 2. The summed E-state index contributed by atoms with van der Waals surface area (Å²) in [6, 6.07) is 25.0. The fourth-order valence-electron chi connectivity index (χ4n) is 6.03. The zero-order valence-corrected chi connectivity index (χ0v) is 20.7. The first kappa shape index (κ1) is 20.6. The lowest BCUT2D eigenvalue weighted by atomic mass is 10.1. The highest BCUT2D eigenvalue weighted by Crippen LogP contribution is 2.38. The lowest BCUT2D eigenvalue weighted by Crippen LogP contribution is -2.05. The second-order valence-corrected chi connectivity index (χ2v) is 9.79. The molecule has 7 nitrogen and oxygen atoms in total. The van der Waals surface area contributed by atoms with E-state index in [2.05, 4.69) is 96.2 Å². The van der Waals surface area contributed by atoms with E-state index in [0.29, 0.717) is 0 Å². The Balaban J connectivity index is 1.31. The third-order valence-corrected chi connectivity index (χ3v) is 7.67. The Hall–Kier alpha value is -5.43. The van der Waals surface area contributed by atoms with E-state index in [-0.39, 0.29) is 0 Å². The van der Waals surface area contributed by atoms with Gasteiger partial charge in [0.25, 0.3) is 0 Å². The summed E-state index contributed by atoms with van der Waals surface area (Å²) in [5.74, 6) is 0. The summed E-state index contributed by atoms with van der Waals surface area (Å²) in [6.07, 6.45) is 9.80.